The van der Waals surface area contributed by atoms with Crippen molar-refractivity contribution in [3.05, 3.63) is 47.2 Å². The van der Waals surface area contributed by atoms with Crippen molar-refractivity contribution in [2.24, 2.45) is 0 Å². The fraction of sp³-hybridized carbons (Fsp3) is 0.214. The van der Waals surface area contributed by atoms with E-state index in [-0.39, 0.29) is 10.7 Å². The number of hydrogen-bond donors (Lipinski definition) is 2. The van der Waals surface area contributed by atoms with Crippen LogP contribution in [0.1, 0.15) is 12.5 Å². The Bertz CT molecular complexity index is 629. The molecule has 2 N–H and O–H groups in total. The number of pyridine rings is 1. The Morgan fingerprint density at radius 3 is 2.52 bits per heavy atom. The number of benzene rings is 1. The van der Waals surface area contributed by atoms with Crippen LogP contribution in [0.2, 0.25) is 5.02 Å². The third kappa shape index (κ3) is 4.01. The van der Waals surface area contributed by atoms with Crippen LogP contribution in [-0.4, -0.2) is 11.5 Å². The van der Waals surface area contributed by atoms with Crippen molar-refractivity contribution in [2.45, 2.75) is 13.1 Å². The SMILES string of the molecule is CCNc1cncc(Nc2ccc(Cl)cc2C(F)(F)F)c1. The van der Waals surface area contributed by atoms with Crippen molar-refractivity contribution < 1.29 is 13.2 Å². The van der Waals surface area contributed by atoms with Crippen molar-refractivity contribution in [3.8, 4) is 0 Å². The van der Waals surface area contributed by atoms with E-state index >= 15 is 0 Å². The molecule has 0 unspecified atom stereocenters. The molecule has 0 bridgehead atoms. The molecule has 2 aromatic rings. The van der Waals surface area contributed by atoms with Crippen LogP contribution < -0.4 is 10.6 Å². The van der Waals surface area contributed by atoms with E-state index in [0.717, 1.165) is 11.8 Å². The van der Waals surface area contributed by atoms with Gasteiger partial charge in [0.2, 0.25) is 0 Å². The molecule has 0 radical (unpaired) electrons. The zero-order chi connectivity index (χ0) is 15.5. The summed E-state index contributed by atoms with van der Waals surface area (Å²) >= 11 is 5.64. The van der Waals surface area contributed by atoms with Crippen molar-refractivity contribution in [1.82, 2.24) is 4.98 Å². The van der Waals surface area contributed by atoms with Gasteiger partial charge in [0.25, 0.3) is 0 Å². The minimum Gasteiger partial charge on any atom is -0.384 e. The van der Waals surface area contributed by atoms with Crippen LogP contribution in [0.15, 0.2) is 36.7 Å². The Balaban J connectivity index is 2.33. The van der Waals surface area contributed by atoms with E-state index in [2.05, 4.69) is 15.6 Å². The van der Waals surface area contributed by atoms with Gasteiger partial charge < -0.3 is 10.6 Å². The molecule has 0 saturated carbocycles. The average molecular weight is 316 g/mol. The van der Waals surface area contributed by atoms with Crippen molar-refractivity contribution >= 4 is 28.7 Å². The highest BCUT2D eigenvalue weighted by Crippen LogP contribution is 2.37. The van der Waals surface area contributed by atoms with Gasteiger partial charge in [0.1, 0.15) is 0 Å². The minimum absolute atomic E-state index is 0.0346. The second-order valence-electron chi connectivity index (χ2n) is 4.31. The van der Waals surface area contributed by atoms with Crippen molar-refractivity contribution in [3.63, 3.8) is 0 Å². The van der Waals surface area contributed by atoms with Crippen LogP contribution in [0.25, 0.3) is 0 Å². The zero-order valence-corrected chi connectivity index (χ0v) is 11.9. The number of nitrogens with one attached hydrogen (secondary N) is 2. The maximum atomic E-state index is 13.0. The summed E-state index contributed by atoms with van der Waals surface area (Å²) in [5.41, 5.74) is 0.303. The lowest BCUT2D eigenvalue weighted by Crippen LogP contribution is -2.09. The highest BCUT2D eigenvalue weighted by molar-refractivity contribution is 6.30. The summed E-state index contributed by atoms with van der Waals surface area (Å²) in [4.78, 5) is 3.98. The third-order valence-electron chi connectivity index (χ3n) is 2.69. The monoisotopic (exact) mass is 315 g/mol. The largest absolute Gasteiger partial charge is 0.418 e. The summed E-state index contributed by atoms with van der Waals surface area (Å²) in [5, 5.41) is 5.80. The molecule has 1 aromatic carbocycles. The molecule has 0 aliphatic rings. The summed E-state index contributed by atoms with van der Waals surface area (Å²) in [6.45, 7) is 2.61. The first-order valence-electron chi connectivity index (χ1n) is 6.23. The predicted molar refractivity (Wildman–Crippen MR) is 78.1 cm³/mol. The Hall–Kier alpha value is -1.95. The molecule has 0 fully saturated rings. The zero-order valence-electron chi connectivity index (χ0n) is 11.1. The van der Waals surface area contributed by atoms with Crippen LogP contribution in [0.5, 0.6) is 0 Å². The topological polar surface area (TPSA) is 37.0 Å². The van der Waals surface area contributed by atoms with E-state index in [0.29, 0.717) is 12.2 Å². The highest BCUT2D eigenvalue weighted by Gasteiger charge is 2.33. The fourth-order valence-corrected chi connectivity index (χ4v) is 2.00. The number of alkyl halides is 3. The molecule has 0 aliphatic heterocycles. The van der Waals surface area contributed by atoms with Gasteiger partial charge in [0.15, 0.2) is 0 Å². The summed E-state index contributed by atoms with van der Waals surface area (Å²) in [6.07, 6.45) is -1.43. The molecule has 0 amide bonds. The van der Waals surface area contributed by atoms with Gasteiger partial charge in [-0.05, 0) is 31.2 Å². The highest BCUT2D eigenvalue weighted by atomic mass is 35.5. The maximum Gasteiger partial charge on any atom is 0.418 e. The second-order valence-corrected chi connectivity index (χ2v) is 4.74. The molecule has 0 saturated heterocycles. The minimum atomic E-state index is -4.49. The summed E-state index contributed by atoms with van der Waals surface area (Å²) in [6, 6.07) is 5.28. The predicted octanol–water partition coefficient (Wildman–Crippen LogP) is 4.93. The molecule has 0 aliphatic carbocycles. The molecule has 0 atom stereocenters. The Labute approximate surface area is 125 Å². The van der Waals surface area contributed by atoms with Gasteiger partial charge in [-0.25, -0.2) is 0 Å². The molecule has 21 heavy (non-hydrogen) atoms. The van der Waals surface area contributed by atoms with E-state index in [1.165, 1.54) is 18.3 Å². The van der Waals surface area contributed by atoms with Gasteiger partial charge in [0, 0.05) is 11.6 Å². The maximum absolute atomic E-state index is 13.0. The summed E-state index contributed by atoms with van der Waals surface area (Å²) in [5.74, 6) is 0. The lowest BCUT2D eigenvalue weighted by Gasteiger charge is -2.15. The van der Waals surface area contributed by atoms with Gasteiger partial charge >= 0.3 is 6.18 Å². The first-order chi connectivity index (χ1) is 9.90. The van der Waals surface area contributed by atoms with Crippen LogP contribution in [-0.2, 0) is 6.18 Å². The van der Waals surface area contributed by atoms with E-state index in [1.807, 2.05) is 6.92 Å². The van der Waals surface area contributed by atoms with E-state index in [1.54, 1.807) is 12.3 Å². The number of nitrogens with zero attached hydrogens (tertiary/aromatic N) is 1. The summed E-state index contributed by atoms with van der Waals surface area (Å²) in [7, 11) is 0. The van der Waals surface area contributed by atoms with Crippen molar-refractivity contribution in [1.29, 1.82) is 0 Å². The van der Waals surface area contributed by atoms with E-state index < -0.39 is 11.7 Å². The second kappa shape index (κ2) is 6.22. The summed E-state index contributed by atoms with van der Waals surface area (Å²) < 4.78 is 39.0. The van der Waals surface area contributed by atoms with Gasteiger partial charge in [-0.3, -0.25) is 4.98 Å². The average Bonchev–Trinajstić information content (AvgIpc) is 2.40. The molecule has 3 nitrogen and oxygen atoms in total. The standard InChI is InChI=1S/C14H13ClF3N3/c1-2-20-10-6-11(8-19-7-10)21-13-4-3-9(15)5-12(13)14(16,17)18/h3-8,20-21H,2H2,1H3. The molecular formula is C14H13ClF3N3. The normalized spacial score (nSPS) is 11.3. The molecule has 1 aromatic heterocycles. The van der Waals surface area contributed by atoms with Gasteiger partial charge in [-0.2, -0.15) is 13.2 Å². The molecule has 1 heterocycles. The fourth-order valence-electron chi connectivity index (χ4n) is 1.82. The molecular weight excluding hydrogens is 303 g/mol. The Kier molecular flexibility index (Phi) is 4.57. The third-order valence-corrected chi connectivity index (χ3v) is 2.92. The lowest BCUT2D eigenvalue weighted by molar-refractivity contribution is -0.136. The van der Waals surface area contributed by atoms with Gasteiger partial charge in [-0.1, -0.05) is 11.6 Å². The van der Waals surface area contributed by atoms with Crippen LogP contribution in [0.3, 0.4) is 0 Å². The first-order valence-corrected chi connectivity index (χ1v) is 6.60. The van der Waals surface area contributed by atoms with Crippen molar-refractivity contribution in [2.75, 3.05) is 17.2 Å². The molecule has 2 rings (SSSR count). The van der Waals surface area contributed by atoms with Gasteiger partial charge in [-0.15, -0.1) is 0 Å². The number of aromatic nitrogens is 1. The smallest absolute Gasteiger partial charge is 0.384 e. The lowest BCUT2D eigenvalue weighted by atomic mass is 10.1. The number of halogens is 4. The molecule has 0 spiro atoms. The molecule has 112 valence electrons. The number of rotatable bonds is 4. The van der Waals surface area contributed by atoms with Crippen LogP contribution in [0.4, 0.5) is 30.2 Å². The Morgan fingerprint density at radius 2 is 1.86 bits per heavy atom. The van der Waals surface area contributed by atoms with E-state index in [4.69, 9.17) is 11.6 Å². The molecule has 7 heteroatoms. The van der Waals surface area contributed by atoms with Crippen LogP contribution in [0, 0.1) is 0 Å². The Morgan fingerprint density at radius 1 is 1.14 bits per heavy atom. The van der Waals surface area contributed by atoms with Crippen LogP contribution >= 0.6 is 11.6 Å². The number of hydrogen-bond acceptors (Lipinski definition) is 3. The first kappa shape index (κ1) is 15.4. The number of anilines is 3. The van der Waals surface area contributed by atoms with E-state index in [9.17, 15) is 13.2 Å². The van der Waals surface area contributed by atoms with Gasteiger partial charge in [0.05, 0.1) is 35.0 Å². The quantitative estimate of drug-likeness (QED) is 0.840.